The third-order valence-electron chi connectivity index (χ3n) is 4.25. The second kappa shape index (κ2) is 7.21. The van der Waals surface area contributed by atoms with Gasteiger partial charge < -0.3 is 14.1 Å². The predicted octanol–water partition coefficient (Wildman–Crippen LogP) is 3.43. The number of carbonyl (C=O) groups is 1. The highest BCUT2D eigenvalue weighted by atomic mass is 32.2. The summed E-state index contributed by atoms with van der Waals surface area (Å²) in [4.78, 5) is 14.4. The van der Waals surface area contributed by atoms with Gasteiger partial charge in [0.05, 0.1) is 12.9 Å². The van der Waals surface area contributed by atoms with E-state index in [9.17, 15) is 4.79 Å². The molecule has 1 aliphatic rings. The number of carbonyl (C=O) groups excluding carboxylic acids is 1. The summed E-state index contributed by atoms with van der Waals surface area (Å²) in [7, 11) is 1.62. The van der Waals surface area contributed by atoms with Gasteiger partial charge in [-0.3, -0.25) is 4.79 Å². The van der Waals surface area contributed by atoms with Crippen LogP contribution in [0.4, 0.5) is 5.69 Å². The fraction of sp³-hybridized carbons (Fsp3) is 0.211. The van der Waals surface area contributed by atoms with Crippen LogP contribution in [0.3, 0.4) is 0 Å². The van der Waals surface area contributed by atoms with Crippen LogP contribution in [0, 0.1) is 0 Å². The van der Waals surface area contributed by atoms with Gasteiger partial charge in [-0.2, -0.15) is 0 Å². The Hall–Kier alpha value is -2.80. The lowest BCUT2D eigenvalue weighted by molar-refractivity contribution is -0.116. The number of para-hydroxylation sites is 1. The van der Waals surface area contributed by atoms with E-state index in [2.05, 4.69) is 16.3 Å². The molecule has 0 spiro atoms. The summed E-state index contributed by atoms with van der Waals surface area (Å²) < 4.78 is 10.8. The molecule has 0 saturated heterocycles. The summed E-state index contributed by atoms with van der Waals surface area (Å²) in [5.74, 6) is 1.50. The maximum atomic E-state index is 12.5. The lowest BCUT2D eigenvalue weighted by atomic mass is 10.2. The zero-order valence-electron chi connectivity index (χ0n) is 14.2. The quantitative estimate of drug-likeness (QED) is 0.644. The van der Waals surface area contributed by atoms with Crippen molar-refractivity contribution in [2.75, 3.05) is 24.3 Å². The summed E-state index contributed by atoms with van der Waals surface area (Å²) in [5, 5.41) is 8.46. The third-order valence-corrected chi connectivity index (χ3v) is 5.05. The molecule has 0 unspecified atom stereocenters. The number of rotatable bonds is 5. The number of anilines is 1. The van der Waals surface area contributed by atoms with Crippen molar-refractivity contribution in [3.63, 3.8) is 0 Å². The van der Waals surface area contributed by atoms with Gasteiger partial charge in [0, 0.05) is 17.8 Å². The van der Waals surface area contributed by atoms with Gasteiger partial charge in [0.2, 0.25) is 11.8 Å². The molecule has 0 atom stereocenters. The van der Waals surface area contributed by atoms with Gasteiger partial charge in [0.1, 0.15) is 5.75 Å². The molecule has 0 fully saturated rings. The van der Waals surface area contributed by atoms with Gasteiger partial charge in [-0.1, -0.05) is 30.0 Å². The molecule has 0 saturated carbocycles. The lowest BCUT2D eigenvalue weighted by Crippen LogP contribution is -2.30. The van der Waals surface area contributed by atoms with Gasteiger partial charge >= 0.3 is 0 Å². The first-order valence-corrected chi connectivity index (χ1v) is 9.22. The second-order valence-electron chi connectivity index (χ2n) is 5.81. The van der Waals surface area contributed by atoms with Crippen LogP contribution in [-0.4, -0.2) is 35.5 Å². The summed E-state index contributed by atoms with van der Waals surface area (Å²) in [6.45, 7) is 0.722. The molecule has 1 aromatic heterocycles. The smallest absolute Gasteiger partial charge is 0.277 e. The van der Waals surface area contributed by atoms with Gasteiger partial charge in [-0.25, -0.2) is 0 Å². The van der Waals surface area contributed by atoms with Crippen molar-refractivity contribution in [1.29, 1.82) is 0 Å². The van der Waals surface area contributed by atoms with Crippen LogP contribution < -0.4 is 9.64 Å². The number of hydrogen-bond acceptors (Lipinski definition) is 6. The Morgan fingerprint density at radius 2 is 2.00 bits per heavy atom. The summed E-state index contributed by atoms with van der Waals surface area (Å²) >= 11 is 1.26. The van der Waals surface area contributed by atoms with Crippen LogP contribution in [0.5, 0.6) is 5.75 Å². The minimum absolute atomic E-state index is 0.0455. The maximum Gasteiger partial charge on any atom is 0.277 e. The highest BCUT2D eigenvalue weighted by Crippen LogP contribution is 2.29. The Morgan fingerprint density at radius 1 is 1.19 bits per heavy atom. The van der Waals surface area contributed by atoms with Crippen LogP contribution in [0.1, 0.15) is 5.56 Å². The molecular weight excluding hydrogens is 350 g/mol. The Labute approximate surface area is 155 Å². The number of amides is 1. The largest absolute Gasteiger partial charge is 0.497 e. The minimum Gasteiger partial charge on any atom is -0.497 e. The van der Waals surface area contributed by atoms with Crippen molar-refractivity contribution in [2.24, 2.45) is 0 Å². The van der Waals surface area contributed by atoms with E-state index in [1.807, 2.05) is 47.4 Å². The van der Waals surface area contributed by atoms with Gasteiger partial charge in [-0.05, 0) is 42.3 Å². The number of nitrogens with zero attached hydrogens (tertiary/aromatic N) is 3. The number of hydrogen-bond donors (Lipinski definition) is 0. The van der Waals surface area contributed by atoms with Crippen molar-refractivity contribution < 1.29 is 13.9 Å². The minimum atomic E-state index is 0.0455. The van der Waals surface area contributed by atoms with E-state index in [0.717, 1.165) is 30.0 Å². The van der Waals surface area contributed by atoms with Gasteiger partial charge in [-0.15, -0.1) is 10.2 Å². The number of methoxy groups -OCH3 is 1. The fourth-order valence-electron chi connectivity index (χ4n) is 2.92. The van der Waals surface area contributed by atoms with Crippen molar-refractivity contribution >= 4 is 23.4 Å². The molecule has 0 bridgehead atoms. The summed E-state index contributed by atoms with van der Waals surface area (Å²) in [6, 6.07) is 15.4. The van der Waals surface area contributed by atoms with E-state index in [4.69, 9.17) is 9.15 Å². The number of thioether (sulfide) groups is 1. The molecule has 3 aromatic rings. The summed E-state index contributed by atoms with van der Waals surface area (Å²) in [6.07, 6.45) is 0.898. The van der Waals surface area contributed by atoms with Crippen LogP contribution in [0.15, 0.2) is 58.2 Å². The van der Waals surface area contributed by atoms with Crippen molar-refractivity contribution in [2.45, 2.75) is 11.6 Å². The molecule has 6 nitrogen and oxygen atoms in total. The summed E-state index contributed by atoms with van der Waals surface area (Å²) in [5.41, 5.74) is 3.03. The SMILES string of the molecule is COc1ccc(-c2nnc(SCC(=O)N3CCc4ccccc43)o2)cc1. The molecular formula is C19H17N3O3S. The molecule has 2 aromatic carbocycles. The fourth-order valence-corrected chi connectivity index (χ4v) is 3.56. The molecule has 26 heavy (non-hydrogen) atoms. The third kappa shape index (κ3) is 3.30. The predicted molar refractivity (Wildman–Crippen MR) is 99.5 cm³/mol. The average molecular weight is 367 g/mol. The molecule has 0 aliphatic carbocycles. The van der Waals surface area contributed by atoms with Crippen LogP contribution in [0.2, 0.25) is 0 Å². The van der Waals surface area contributed by atoms with E-state index in [-0.39, 0.29) is 11.7 Å². The van der Waals surface area contributed by atoms with Gasteiger partial charge in [0.25, 0.3) is 5.22 Å². The molecule has 7 heteroatoms. The van der Waals surface area contributed by atoms with Crippen molar-refractivity contribution in [1.82, 2.24) is 10.2 Å². The first kappa shape index (κ1) is 16.7. The molecule has 1 amide bonds. The van der Waals surface area contributed by atoms with E-state index in [0.29, 0.717) is 11.1 Å². The molecule has 0 N–H and O–H groups in total. The highest BCUT2D eigenvalue weighted by Gasteiger charge is 2.24. The van der Waals surface area contributed by atoms with E-state index in [1.54, 1.807) is 7.11 Å². The van der Waals surface area contributed by atoms with E-state index < -0.39 is 0 Å². The number of ether oxygens (including phenoxy) is 1. The Kier molecular flexibility index (Phi) is 4.62. The number of benzene rings is 2. The van der Waals surface area contributed by atoms with Crippen molar-refractivity contribution in [3.8, 4) is 17.2 Å². The molecule has 1 aliphatic heterocycles. The van der Waals surface area contributed by atoms with Crippen molar-refractivity contribution in [3.05, 3.63) is 54.1 Å². The van der Waals surface area contributed by atoms with Gasteiger partial charge in [0.15, 0.2) is 0 Å². The lowest BCUT2D eigenvalue weighted by Gasteiger charge is -2.16. The zero-order chi connectivity index (χ0) is 17.9. The standard InChI is InChI=1S/C19H17N3O3S/c1-24-15-8-6-14(7-9-15)18-20-21-19(25-18)26-12-17(23)22-11-10-13-4-2-3-5-16(13)22/h2-9H,10-12H2,1H3. The molecule has 0 radical (unpaired) electrons. The topological polar surface area (TPSA) is 68.5 Å². The Bertz CT molecular complexity index is 924. The average Bonchev–Trinajstić information content (AvgIpc) is 3.33. The van der Waals surface area contributed by atoms with Crippen LogP contribution in [0.25, 0.3) is 11.5 Å². The first-order valence-electron chi connectivity index (χ1n) is 8.23. The molecule has 2 heterocycles. The van der Waals surface area contributed by atoms with Crippen LogP contribution >= 0.6 is 11.8 Å². The van der Waals surface area contributed by atoms with Crippen LogP contribution in [-0.2, 0) is 11.2 Å². The normalized spacial score (nSPS) is 12.9. The zero-order valence-corrected chi connectivity index (χ0v) is 15.0. The second-order valence-corrected chi connectivity index (χ2v) is 6.74. The molecule has 4 rings (SSSR count). The Balaban J connectivity index is 1.39. The highest BCUT2D eigenvalue weighted by molar-refractivity contribution is 7.99. The monoisotopic (exact) mass is 367 g/mol. The Morgan fingerprint density at radius 3 is 2.81 bits per heavy atom. The maximum absolute atomic E-state index is 12.5. The number of aromatic nitrogens is 2. The van der Waals surface area contributed by atoms with E-state index >= 15 is 0 Å². The number of fused-ring (bicyclic) bond motifs is 1. The first-order chi connectivity index (χ1) is 12.7. The molecule has 132 valence electrons. The van der Waals surface area contributed by atoms with E-state index in [1.165, 1.54) is 17.3 Å².